The molecule has 2 saturated heterocycles. The highest BCUT2D eigenvalue weighted by Gasteiger charge is 2.47. The number of carbonyl (C=O) groups excluding carboxylic acids is 10. The Morgan fingerprint density at radius 3 is 1.05 bits per heavy atom. The lowest BCUT2D eigenvalue weighted by Crippen LogP contribution is -2.54. The lowest BCUT2D eigenvalue weighted by molar-refractivity contribution is -0.189. The minimum atomic E-state index is -1.03. The zero-order valence-corrected chi connectivity index (χ0v) is 50.8. The van der Waals surface area contributed by atoms with Crippen LogP contribution in [0, 0.1) is 11.8 Å². The maximum absolute atomic E-state index is 13.0. The van der Waals surface area contributed by atoms with Gasteiger partial charge in [-0.2, -0.15) is 0 Å². The molecule has 476 valence electrons. The van der Waals surface area contributed by atoms with Gasteiger partial charge in [0.25, 0.3) is 11.8 Å². The molecule has 2 aliphatic heterocycles. The molecule has 0 aromatic heterocycles. The summed E-state index contributed by atoms with van der Waals surface area (Å²) in [5.41, 5.74) is 3.17. The first kappa shape index (κ1) is 69.9. The van der Waals surface area contributed by atoms with Crippen LogP contribution in [0.2, 0.25) is 0 Å². The van der Waals surface area contributed by atoms with Gasteiger partial charge in [-0.25, -0.2) is 19.2 Å². The molecule has 22 heteroatoms. The fourth-order valence-electron chi connectivity index (χ4n) is 9.29. The van der Waals surface area contributed by atoms with E-state index in [4.69, 9.17) is 28.4 Å². The van der Waals surface area contributed by atoms with E-state index in [2.05, 4.69) is 45.7 Å². The highest BCUT2D eigenvalue weighted by atomic mass is 16.6. The van der Waals surface area contributed by atoms with Crippen LogP contribution in [-0.4, -0.2) is 109 Å². The molecule has 0 unspecified atom stereocenters. The molecule has 4 aromatic carbocycles. The van der Waals surface area contributed by atoms with Crippen molar-refractivity contribution in [3.63, 3.8) is 0 Å². The molecule has 8 atom stereocenters. The molecule has 2 fully saturated rings. The molecule has 0 saturated carbocycles. The summed E-state index contributed by atoms with van der Waals surface area (Å²) in [6.07, 6.45) is 7.13. The van der Waals surface area contributed by atoms with Crippen LogP contribution in [0.1, 0.15) is 140 Å². The molecule has 6 N–H and O–H groups in total. The van der Waals surface area contributed by atoms with Crippen molar-refractivity contribution >= 4 is 59.7 Å². The topological polar surface area (TPSA) is 298 Å². The van der Waals surface area contributed by atoms with Gasteiger partial charge < -0.3 is 60.3 Å². The van der Waals surface area contributed by atoms with Crippen LogP contribution in [0.4, 0.5) is 9.59 Å². The molecule has 2 heterocycles. The first-order chi connectivity index (χ1) is 42.6. The summed E-state index contributed by atoms with van der Waals surface area (Å²) < 4.78 is 31.4. The first-order valence-corrected chi connectivity index (χ1v) is 30.5. The SMILES string of the molecule is CCCCCC[C@@H]1C(=O)O[C@H]1C(=O)NCCC[C@H](NC(=O)[C@H](C)NC(=O)OCc1ccccc1)C(=O)OCc1ccccc1.CCCCCC[C@H]1C(=O)O[C@@H]1C(=O)NCCC[C@H](NC(=O)[C@H](C)NC(=O)OCc1ccccc1)C(=O)OCc1ccccc1. The summed E-state index contributed by atoms with van der Waals surface area (Å²) in [6, 6.07) is 32.4. The molecular formula is C66H86N6O16. The van der Waals surface area contributed by atoms with E-state index in [9.17, 15) is 47.9 Å². The van der Waals surface area contributed by atoms with E-state index < -0.39 is 84.2 Å². The van der Waals surface area contributed by atoms with E-state index in [0.717, 1.165) is 73.6 Å². The normalized spacial score (nSPS) is 16.8. The predicted molar refractivity (Wildman–Crippen MR) is 324 cm³/mol. The molecule has 0 radical (unpaired) electrons. The smallest absolute Gasteiger partial charge is 0.408 e. The molecule has 6 rings (SSSR count). The monoisotopic (exact) mass is 1220 g/mol. The molecule has 88 heavy (non-hydrogen) atoms. The van der Waals surface area contributed by atoms with E-state index in [1.807, 2.05) is 121 Å². The van der Waals surface area contributed by atoms with Crippen LogP contribution in [0.3, 0.4) is 0 Å². The summed E-state index contributed by atoms with van der Waals surface area (Å²) in [6.45, 7) is 7.70. The van der Waals surface area contributed by atoms with Crippen LogP contribution in [0.15, 0.2) is 121 Å². The number of benzene rings is 4. The zero-order valence-electron chi connectivity index (χ0n) is 50.8. The third-order valence-corrected chi connectivity index (χ3v) is 14.5. The summed E-state index contributed by atoms with van der Waals surface area (Å²) >= 11 is 0. The van der Waals surface area contributed by atoms with E-state index in [1.165, 1.54) is 13.8 Å². The van der Waals surface area contributed by atoms with Gasteiger partial charge in [-0.1, -0.05) is 187 Å². The largest absolute Gasteiger partial charge is 0.459 e. The van der Waals surface area contributed by atoms with Crippen LogP contribution in [-0.2, 0) is 93.2 Å². The molecule has 22 nitrogen and oxygen atoms in total. The van der Waals surface area contributed by atoms with Gasteiger partial charge in [-0.15, -0.1) is 0 Å². The minimum Gasteiger partial charge on any atom is -0.459 e. The Hall–Kier alpha value is -8.82. The maximum Gasteiger partial charge on any atom is 0.408 e. The van der Waals surface area contributed by atoms with Gasteiger partial charge in [0.1, 0.15) is 62.4 Å². The van der Waals surface area contributed by atoms with Gasteiger partial charge in [0.05, 0.1) is 0 Å². The Labute approximate surface area is 515 Å². The predicted octanol–water partition coefficient (Wildman–Crippen LogP) is 7.88. The van der Waals surface area contributed by atoms with E-state index in [0.29, 0.717) is 25.7 Å². The molecule has 6 amide bonds. The number of hydrogen-bond donors (Lipinski definition) is 6. The highest BCUT2D eigenvalue weighted by Crippen LogP contribution is 2.29. The fourth-order valence-corrected chi connectivity index (χ4v) is 9.29. The Bertz CT molecular complexity index is 2640. The maximum atomic E-state index is 13.0. The average molecular weight is 1220 g/mol. The summed E-state index contributed by atoms with van der Waals surface area (Å²) in [5.74, 6) is -4.79. The van der Waals surface area contributed by atoms with Gasteiger partial charge >= 0.3 is 36.1 Å². The molecule has 2 aliphatic rings. The van der Waals surface area contributed by atoms with Gasteiger partial charge in [0.15, 0.2) is 12.2 Å². The third kappa shape index (κ3) is 25.3. The zero-order chi connectivity index (χ0) is 63.5. The number of esters is 4. The second kappa shape index (κ2) is 39.1. The average Bonchev–Trinajstić information content (AvgIpc) is 1.43. The quantitative estimate of drug-likeness (QED) is 0.0143. The third-order valence-electron chi connectivity index (χ3n) is 14.5. The Kier molecular flexibility index (Phi) is 31.1. The number of rotatable bonds is 36. The van der Waals surface area contributed by atoms with Crippen LogP contribution < -0.4 is 31.9 Å². The molecule has 0 bridgehead atoms. The fraction of sp³-hybridized carbons (Fsp3) is 0.485. The first-order valence-electron chi connectivity index (χ1n) is 30.5. The van der Waals surface area contributed by atoms with E-state index in [-0.39, 0.29) is 76.1 Å². The number of alkyl carbamates (subject to hydrolysis) is 2. The molecular weight excluding hydrogens is 1130 g/mol. The van der Waals surface area contributed by atoms with Crippen LogP contribution >= 0.6 is 0 Å². The van der Waals surface area contributed by atoms with Crippen molar-refractivity contribution in [2.75, 3.05) is 13.1 Å². The van der Waals surface area contributed by atoms with E-state index in [1.54, 1.807) is 0 Å². The van der Waals surface area contributed by atoms with Gasteiger partial charge in [-0.05, 0) is 74.6 Å². The van der Waals surface area contributed by atoms with E-state index >= 15 is 0 Å². The number of carbonyl (C=O) groups is 10. The van der Waals surface area contributed by atoms with Crippen molar-refractivity contribution in [1.82, 2.24) is 31.9 Å². The minimum absolute atomic E-state index is 0.0229. The number of hydrogen-bond acceptors (Lipinski definition) is 16. The molecule has 0 aliphatic carbocycles. The molecule has 0 spiro atoms. The van der Waals surface area contributed by atoms with Gasteiger partial charge in [0, 0.05) is 13.1 Å². The van der Waals surface area contributed by atoms with Gasteiger partial charge in [0.2, 0.25) is 11.8 Å². The second-order valence-corrected chi connectivity index (χ2v) is 21.7. The lowest BCUT2D eigenvalue weighted by Gasteiger charge is -2.34. The standard InChI is InChI=1S/2C33H43N3O8/c2*1-3-4-5-12-18-26-28(44-31(26)39)30(38)34-20-13-19-27(32(40)42-21-24-14-8-6-9-15-24)36-29(37)23(2)35-33(41)43-22-25-16-10-7-11-17-25/h2*6-11,14-17,23,26-28H,3-5,12-13,18-22H2,1-2H3,(H,34,38)(H,35,41)(H,36,37)/t23-,26+,27-,28-;23-,26-,27-,28+/m00/s1. The number of cyclic esters (lactones) is 2. The molecule has 4 aromatic rings. The van der Waals surface area contributed by atoms with Crippen molar-refractivity contribution < 1.29 is 76.4 Å². The second-order valence-electron chi connectivity index (χ2n) is 21.7. The number of amides is 6. The van der Waals surface area contributed by atoms with Crippen molar-refractivity contribution in [2.24, 2.45) is 11.8 Å². The number of nitrogens with one attached hydrogen (secondary N) is 6. The number of ether oxygens (including phenoxy) is 6. The van der Waals surface area contributed by atoms with Crippen LogP contribution in [0.5, 0.6) is 0 Å². The Morgan fingerprint density at radius 2 is 0.739 bits per heavy atom. The van der Waals surface area contributed by atoms with Crippen molar-refractivity contribution in [3.05, 3.63) is 144 Å². The highest BCUT2D eigenvalue weighted by molar-refractivity contribution is 5.95. The van der Waals surface area contributed by atoms with Gasteiger partial charge in [-0.3, -0.25) is 28.8 Å². The summed E-state index contributed by atoms with van der Waals surface area (Å²) in [5, 5.41) is 15.7. The Morgan fingerprint density at radius 1 is 0.420 bits per heavy atom. The summed E-state index contributed by atoms with van der Waals surface area (Å²) in [4.78, 5) is 125. The lowest BCUT2D eigenvalue weighted by atomic mass is 9.90. The van der Waals surface area contributed by atoms with Crippen molar-refractivity contribution in [3.8, 4) is 0 Å². The van der Waals surface area contributed by atoms with Crippen molar-refractivity contribution in [2.45, 2.75) is 180 Å². The van der Waals surface area contributed by atoms with Crippen molar-refractivity contribution in [1.29, 1.82) is 0 Å². The Balaban J connectivity index is 0.000000321. The van der Waals surface area contributed by atoms with Crippen LogP contribution in [0.25, 0.3) is 0 Å². The summed E-state index contributed by atoms with van der Waals surface area (Å²) in [7, 11) is 0. The number of unbranched alkanes of at least 4 members (excludes halogenated alkanes) is 6.